The molecule has 7 nitrogen and oxygen atoms in total. The van der Waals surface area contributed by atoms with Crippen LogP contribution < -0.4 is 10.3 Å². The van der Waals surface area contributed by atoms with Crippen LogP contribution in [0.4, 0.5) is 5.69 Å². The first-order valence-electron chi connectivity index (χ1n) is 8.06. The first-order valence-corrected chi connectivity index (χ1v) is 8.06. The Morgan fingerprint density at radius 3 is 2.96 bits per heavy atom. The van der Waals surface area contributed by atoms with E-state index in [-0.39, 0.29) is 23.0 Å². The van der Waals surface area contributed by atoms with Crippen molar-refractivity contribution in [2.45, 2.75) is 12.5 Å². The van der Waals surface area contributed by atoms with Gasteiger partial charge in [-0.1, -0.05) is 18.2 Å². The number of aromatic nitrogens is 3. The van der Waals surface area contributed by atoms with Crippen LogP contribution >= 0.6 is 0 Å². The number of benzene rings is 1. The van der Waals surface area contributed by atoms with Crippen LogP contribution in [0.3, 0.4) is 0 Å². The number of carbonyl (C=O) groups is 1. The first kappa shape index (κ1) is 15.6. The standard InChI is InChI=1S/C18H18N4O3/c1-21-17-13(9-20-21)16(23)14(8-19-17)18(24)22-10-12(25-2)7-11-5-3-4-6-15(11)22/h3-6,8-9,12H,7,10H2,1-2H3,(H,19,23). The van der Waals surface area contributed by atoms with Crippen LogP contribution in [0.25, 0.3) is 11.0 Å². The summed E-state index contributed by atoms with van der Waals surface area (Å²) in [5.74, 6) is -0.332. The Bertz CT molecular complexity index is 1020. The minimum Gasteiger partial charge on any atom is -0.379 e. The van der Waals surface area contributed by atoms with E-state index in [1.165, 1.54) is 12.4 Å². The number of anilines is 1. The van der Waals surface area contributed by atoms with Crippen LogP contribution in [0.1, 0.15) is 15.9 Å². The number of para-hydroxylation sites is 1. The Hall–Kier alpha value is -2.93. The minimum atomic E-state index is -0.332. The van der Waals surface area contributed by atoms with Gasteiger partial charge < -0.3 is 14.6 Å². The average molecular weight is 338 g/mol. The molecule has 3 aromatic rings. The van der Waals surface area contributed by atoms with Crippen molar-refractivity contribution in [3.05, 3.63) is 58.0 Å². The molecule has 1 unspecified atom stereocenters. The van der Waals surface area contributed by atoms with Crippen molar-refractivity contribution >= 4 is 22.6 Å². The molecule has 0 aliphatic carbocycles. The van der Waals surface area contributed by atoms with Gasteiger partial charge in [-0.15, -0.1) is 0 Å². The van der Waals surface area contributed by atoms with E-state index in [4.69, 9.17) is 4.74 Å². The highest BCUT2D eigenvalue weighted by Crippen LogP contribution is 2.29. The lowest BCUT2D eigenvalue weighted by molar-refractivity contribution is 0.0869. The van der Waals surface area contributed by atoms with E-state index in [0.717, 1.165) is 17.7 Å². The fourth-order valence-corrected chi connectivity index (χ4v) is 3.34. The second-order valence-electron chi connectivity index (χ2n) is 6.17. The van der Waals surface area contributed by atoms with Crippen molar-refractivity contribution in [2.24, 2.45) is 7.05 Å². The predicted molar refractivity (Wildman–Crippen MR) is 94.0 cm³/mol. The van der Waals surface area contributed by atoms with Crippen molar-refractivity contribution in [3.63, 3.8) is 0 Å². The molecule has 25 heavy (non-hydrogen) atoms. The number of rotatable bonds is 2. The first-order chi connectivity index (χ1) is 12.1. The highest BCUT2D eigenvalue weighted by Gasteiger charge is 2.30. The molecule has 1 amide bonds. The fraction of sp³-hybridized carbons (Fsp3) is 0.278. The molecule has 0 fully saturated rings. The number of hydrogen-bond acceptors (Lipinski definition) is 4. The van der Waals surface area contributed by atoms with E-state index in [0.29, 0.717) is 17.6 Å². The quantitative estimate of drug-likeness (QED) is 0.767. The highest BCUT2D eigenvalue weighted by atomic mass is 16.5. The zero-order valence-corrected chi connectivity index (χ0v) is 14.0. The van der Waals surface area contributed by atoms with Gasteiger partial charge >= 0.3 is 0 Å². The molecule has 2 aromatic heterocycles. The summed E-state index contributed by atoms with van der Waals surface area (Å²) in [6, 6.07) is 7.71. The third-order valence-electron chi connectivity index (χ3n) is 4.71. The summed E-state index contributed by atoms with van der Waals surface area (Å²) in [5, 5.41) is 4.48. The highest BCUT2D eigenvalue weighted by molar-refractivity contribution is 6.07. The molecule has 128 valence electrons. The second-order valence-corrected chi connectivity index (χ2v) is 6.17. The molecule has 1 atom stereocenters. The van der Waals surface area contributed by atoms with Crippen LogP contribution in [0.2, 0.25) is 0 Å². The Morgan fingerprint density at radius 1 is 1.36 bits per heavy atom. The second kappa shape index (κ2) is 5.86. The largest absolute Gasteiger partial charge is 0.379 e. The Morgan fingerprint density at radius 2 is 2.16 bits per heavy atom. The molecule has 1 aliphatic heterocycles. The molecular formula is C18H18N4O3. The normalized spacial score (nSPS) is 16.9. The summed E-state index contributed by atoms with van der Waals surface area (Å²) >= 11 is 0. The van der Waals surface area contributed by atoms with Gasteiger partial charge in [0, 0.05) is 32.5 Å². The third kappa shape index (κ3) is 2.44. The number of nitrogens with zero attached hydrogens (tertiary/aromatic N) is 3. The number of amides is 1. The number of fused-ring (bicyclic) bond motifs is 2. The van der Waals surface area contributed by atoms with Gasteiger partial charge in [-0.05, 0) is 11.6 Å². The van der Waals surface area contributed by atoms with Crippen molar-refractivity contribution < 1.29 is 9.53 Å². The number of carbonyl (C=O) groups excluding carboxylic acids is 1. The predicted octanol–water partition coefficient (Wildman–Crippen LogP) is 1.48. The van der Waals surface area contributed by atoms with E-state index in [2.05, 4.69) is 10.1 Å². The number of nitrogens with one attached hydrogen (secondary N) is 1. The van der Waals surface area contributed by atoms with Gasteiger partial charge in [0.25, 0.3) is 5.91 Å². The summed E-state index contributed by atoms with van der Waals surface area (Å²) in [7, 11) is 3.37. The van der Waals surface area contributed by atoms with E-state index in [1.54, 1.807) is 23.7 Å². The van der Waals surface area contributed by atoms with Gasteiger partial charge in [-0.3, -0.25) is 14.3 Å². The maximum Gasteiger partial charge on any atom is 0.263 e. The molecule has 0 radical (unpaired) electrons. The maximum absolute atomic E-state index is 13.1. The number of ether oxygens (including phenoxy) is 1. The topological polar surface area (TPSA) is 80.2 Å². The lowest BCUT2D eigenvalue weighted by Crippen LogP contribution is -2.44. The summed E-state index contributed by atoms with van der Waals surface area (Å²) in [5.41, 5.74) is 2.24. The van der Waals surface area contributed by atoms with Crippen molar-refractivity contribution in [1.29, 1.82) is 0 Å². The number of methoxy groups -OCH3 is 1. The molecule has 1 aliphatic rings. The van der Waals surface area contributed by atoms with Gasteiger partial charge in [0.2, 0.25) is 5.43 Å². The van der Waals surface area contributed by atoms with E-state index < -0.39 is 0 Å². The average Bonchev–Trinajstić information content (AvgIpc) is 3.02. The molecule has 7 heteroatoms. The molecular weight excluding hydrogens is 320 g/mol. The Labute approximate surface area is 143 Å². The molecule has 0 spiro atoms. The molecule has 3 heterocycles. The molecule has 4 rings (SSSR count). The Kier molecular flexibility index (Phi) is 3.65. The molecule has 0 saturated carbocycles. The molecule has 1 N–H and O–H groups in total. The fourth-order valence-electron chi connectivity index (χ4n) is 3.34. The minimum absolute atomic E-state index is 0.0972. The van der Waals surface area contributed by atoms with Gasteiger partial charge in [0.15, 0.2) is 0 Å². The third-order valence-corrected chi connectivity index (χ3v) is 4.71. The van der Waals surface area contributed by atoms with Crippen molar-refractivity contribution in [1.82, 2.24) is 14.8 Å². The summed E-state index contributed by atoms with van der Waals surface area (Å²) in [6.07, 6.45) is 3.59. The smallest absolute Gasteiger partial charge is 0.263 e. The van der Waals surface area contributed by atoms with Gasteiger partial charge in [-0.2, -0.15) is 5.10 Å². The van der Waals surface area contributed by atoms with Crippen LogP contribution in [-0.2, 0) is 18.2 Å². The molecule has 0 saturated heterocycles. The van der Waals surface area contributed by atoms with E-state index in [1.807, 2.05) is 24.3 Å². The number of pyridine rings is 1. The van der Waals surface area contributed by atoms with Gasteiger partial charge in [0.1, 0.15) is 11.2 Å². The van der Waals surface area contributed by atoms with Gasteiger partial charge in [-0.25, -0.2) is 0 Å². The molecule has 1 aromatic carbocycles. The zero-order valence-electron chi connectivity index (χ0n) is 14.0. The van der Waals surface area contributed by atoms with E-state index in [9.17, 15) is 9.59 Å². The summed E-state index contributed by atoms with van der Waals surface area (Å²) < 4.78 is 7.05. The number of aromatic amines is 1. The zero-order chi connectivity index (χ0) is 17.6. The van der Waals surface area contributed by atoms with Crippen LogP contribution in [0.15, 0.2) is 41.5 Å². The van der Waals surface area contributed by atoms with Crippen LogP contribution in [-0.4, -0.2) is 40.4 Å². The lowest BCUT2D eigenvalue weighted by Gasteiger charge is -2.33. The number of H-pyrrole nitrogens is 1. The SMILES string of the molecule is COC1Cc2ccccc2N(C(=O)c2c[nH]c3c(cnn3C)c2=O)C1. The van der Waals surface area contributed by atoms with Crippen molar-refractivity contribution in [3.8, 4) is 0 Å². The summed E-state index contributed by atoms with van der Waals surface area (Å²) in [4.78, 5) is 30.5. The summed E-state index contributed by atoms with van der Waals surface area (Å²) in [6.45, 7) is 0.414. The monoisotopic (exact) mass is 338 g/mol. The van der Waals surface area contributed by atoms with Gasteiger partial charge in [0.05, 0.1) is 24.2 Å². The molecule has 0 bridgehead atoms. The van der Waals surface area contributed by atoms with Crippen LogP contribution in [0, 0.1) is 0 Å². The Balaban J connectivity index is 1.81. The number of aryl methyl sites for hydroxylation is 1. The maximum atomic E-state index is 13.1. The number of hydrogen-bond donors (Lipinski definition) is 1. The van der Waals surface area contributed by atoms with Crippen LogP contribution in [0.5, 0.6) is 0 Å². The van der Waals surface area contributed by atoms with E-state index >= 15 is 0 Å². The lowest BCUT2D eigenvalue weighted by atomic mass is 9.98. The van der Waals surface area contributed by atoms with Crippen molar-refractivity contribution in [2.75, 3.05) is 18.6 Å².